The van der Waals surface area contributed by atoms with E-state index in [0.29, 0.717) is 5.56 Å². The molecule has 0 spiro atoms. The Morgan fingerprint density at radius 3 is 2.47 bits per heavy atom. The minimum Gasteiger partial charge on any atom is -0.508 e. The van der Waals surface area contributed by atoms with Crippen LogP contribution in [-0.2, 0) is 14.3 Å². The summed E-state index contributed by atoms with van der Waals surface area (Å²) < 4.78 is 5.15. The number of hydrogen-bond acceptors (Lipinski definition) is 6. The van der Waals surface area contributed by atoms with Crippen LogP contribution in [-0.4, -0.2) is 64.4 Å². The van der Waals surface area contributed by atoms with Crippen LogP contribution in [0.25, 0.3) is 0 Å². The summed E-state index contributed by atoms with van der Waals surface area (Å²) in [6.45, 7) is 4.23. The molecule has 3 amide bonds. The molecule has 1 unspecified atom stereocenters. The highest BCUT2D eigenvalue weighted by atomic mass is 16.6. The summed E-state index contributed by atoms with van der Waals surface area (Å²) in [5, 5.41) is 24.9. The lowest BCUT2D eigenvalue weighted by Crippen LogP contribution is -2.50. The van der Waals surface area contributed by atoms with Gasteiger partial charge in [0.15, 0.2) is 0 Å². The first-order valence-electron chi connectivity index (χ1n) is 11.1. The lowest BCUT2D eigenvalue weighted by Gasteiger charge is -2.33. The van der Waals surface area contributed by atoms with Crippen molar-refractivity contribution in [2.45, 2.75) is 70.6 Å². The lowest BCUT2D eigenvalue weighted by atomic mass is 9.94. The van der Waals surface area contributed by atoms with Gasteiger partial charge in [0.2, 0.25) is 11.8 Å². The van der Waals surface area contributed by atoms with Crippen molar-refractivity contribution < 1.29 is 29.3 Å². The zero-order valence-corrected chi connectivity index (χ0v) is 19.1. The smallest absolute Gasteiger partial charge is 0.408 e. The van der Waals surface area contributed by atoms with Crippen LogP contribution >= 0.6 is 0 Å². The molecule has 32 heavy (non-hydrogen) atoms. The van der Waals surface area contributed by atoms with Crippen LogP contribution in [0.4, 0.5) is 4.79 Å². The maximum atomic E-state index is 13.3. The summed E-state index contributed by atoms with van der Waals surface area (Å²) in [5.74, 6) is -0.986. The highest BCUT2D eigenvalue weighted by Crippen LogP contribution is 2.26. The maximum absolute atomic E-state index is 13.3. The van der Waals surface area contributed by atoms with Gasteiger partial charge in [-0.15, -0.1) is 0 Å². The molecule has 2 rings (SSSR count). The first kappa shape index (κ1) is 25.5. The van der Waals surface area contributed by atoms with Gasteiger partial charge in [-0.05, 0) is 51.3 Å². The van der Waals surface area contributed by atoms with Crippen LogP contribution in [0.15, 0.2) is 24.3 Å². The third-order valence-electron chi connectivity index (χ3n) is 5.14. The number of rotatable bonds is 8. The van der Waals surface area contributed by atoms with E-state index in [1.54, 1.807) is 32.9 Å². The van der Waals surface area contributed by atoms with Gasteiger partial charge in [-0.25, -0.2) is 4.79 Å². The van der Waals surface area contributed by atoms with E-state index in [2.05, 4.69) is 10.6 Å². The number of phenolic OH excluding ortho intramolecular Hbond substituents is 1. The number of ether oxygens (including phenoxy) is 1. The van der Waals surface area contributed by atoms with E-state index in [1.165, 1.54) is 17.0 Å². The van der Waals surface area contributed by atoms with Crippen LogP contribution in [0.1, 0.15) is 64.5 Å². The first-order chi connectivity index (χ1) is 15.1. The Morgan fingerprint density at radius 1 is 1.19 bits per heavy atom. The predicted molar refractivity (Wildman–Crippen MR) is 119 cm³/mol. The van der Waals surface area contributed by atoms with Crippen molar-refractivity contribution in [2.24, 2.45) is 0 Å². The number of amides is 3. The fourth-order valence-electron chi connectivity index (χ4n) is 3.76. The molecule has 0 aromatic heterocycles. The Hall–Kier alpha value is -2.81. The van der Waals surface area contributed by atoms with Gasteiger partial charge in [-0.2, -0.15) is 0 Å². The van der Waals surface area contributed by atoms with E-state index in [0.717, 1.165) is 32.1 Å². The molecular weight excluding hydrogens is 414 g/mol. The second-order valence-electron chi connectivity index (χ2n) is 9.01. The van der Waals surface area contributed by atoms with Gasteiger partial charge < -0.3 is 30.5 Å². The molecule has 9 heteroatoms. The van der Waals surface area contributed by atoms with Gasteiger partial charge >= 0.3 is 6.09 Å². The van der Waals surface area contributed by atoms with Crippen molar-refractivity contribution in [1.29, 1.82) is 0 Å². The molecular formula is C23H35N3O6. The lowest BCUT2D eigenvalue weighted by molar-refractivity contribution is -0.141. The van der Waals surface area contributed by atoms with E-state index in [4.69, 9.17) is 4.74 Å². The van der Waals surface area contributed by atoms with Crippen molar-refractivity contribution in [3.63, 3.8) is 0 Å². The fraction of sp³-hybridized carbons (Fsp3) is 0.609. The SMILES string of the molecule is CC(C)(C)OC(=O)NCC(=O)N(CCO)C(C(=O)NC1CCCCC1)c1cccc(O)c1. The number of nitrogens with zero attached hydrogens (tertiary/aromatic N) is 1. The Kier molecular flexibility index (Phi) is 9.31. The van der Waals surface area contributed by atoms with Gasteiger partial charge in [0.25, 0.3) is 0 Å². The number of aromatic hydroxyl groups is 1. The molecule has 1 saturated carbocycles. The maximum Gasteiger partial charge on any atom is 0.408 e. The number of nitrogens with one attached hydrogen (secondary N) is 2. The van der Waals surface area contributed by atoms with Gasteiger partial charge in [0, 0.05) is 12.6 Å². The fourth-order valence-corrected chi connectivity index (χ4v) is 3.76. The molecule has 1 aliphatic carbocycles. The van der Waals surface area contributed by atoms with Crippen LogP contribution in [0.2, 0.25) is 0 Å². The highest BCUT2D eigenvalue weighted by molar-refractivity contribution is 5.90. The topological polar surface area (TPSA) is 128 Å². The van der Waals surface area contributed by atoms with Crippen molar-refractivity contribution in [1.82, 2.24) is 15.5 Å². The molecule has 1 fully saturated rings. The van der Waals surface area contributed by atoms with Gasteiger partial charge in [-0.1, -0.05) is 31.4 Å². The van der Waals surface area contributed by atoms with Gasteiger partial charge in [0.1, 0.15) is 23.9 Å². The molecule has 4 N–H and O–H groups in total. The Bertz CT molecular complexity index is 786. The van der Waals surface area contributed by atoms with Gasteiger partial charge in [0.05, 0.1) is 6.61 Å². The van der Waals surface area contributed by atoms with Crippen LogP contribution in [0, 0.1) is 0 Å². The quantitative estimate of drug-likeness (QED) is 0.482. The standard InChI is InChI=1S/C23H35N3O6/c1-23(2,3)32-22(31)24-15-19(29)26(12-13-27)20(16-8-7-11-18(28)14-16)21(30)25-17-9-5-4-6-10-17/h7-8,11,14,17,20,27-28H,4-6,9-10,12-13,15H2,1-3H3,(H,24,31)(H,25,30). The Balaban J connectivity index is 2.22. The summed E-state index contributed by atoms with van der Waals surface area (Å²) in [6, 6.07) is 5.08. The van der Waals surface area contributed by atoms with Crippen molar-refractivity contribution in [3.8, 4) is 5.75 Å². The number of aliphatic hydroxyl groups excluding tert-OH is 1. The summed E-state index contributed by atoms with van der Waals surface area (Å²) in [4.78, 5) is 39.5. The number of carbonyl (C=O) groups excluding carboxylic acids is 3. The second-order valence-corrected chi connectivity index (χ2v) is 9.01. The number of carbonyl (C=O) groups is 3. The normalized spacial score (nSPS) is 15.5. The first-order valence-corrected chi connectivity index (χ1v) is 11.1. The molecule has 178 valence electrons. The third kappa shape index (κ3) is 8.03. The van der Waals surface area contributed by atoms with Crippen molar-refractivity contribution in [2.75, 3.05) is 19.7 Å². The largest absolute Gasteiger partial charge is 0.508 e. The zero-order chi connectivity index (χ0) is 23.7. The molecule has 0 heterocycles. The van der Waals surface area contributed by atoms with Gasteiger partial charge in [-0.3, -0.25) is 9.59 Å². The average Bonchev–Trinajstić information content (AvgIpc) is 2.71. The molecule has 1 atom stereocenters. The highest BCUT2D eigenvalue weighted by Gasteiger charge is 2.33. The molecule has 9 nitrogen and oxygen atoms in total. The molecule has 1 aromatic carbocycles. The summed E-state index contributed by atoms with van der Waals surface area (Å²) in [6.07, 6.45) is 4.17. The van der Waals surface area contributed by atoms with E-state index >= 15 is 0 Å². The van der Waals surface area contributed by atoms with E-state index in [9.17, 15) is 24.6 Å². The second kappa shape index (κ2) is 11.7. The number of phenols is 1. The zero-order valence-electron chi connectivity index (χ0n) is 19.1. The average molecular weight is 450 g/mol. The van der Waals surface area contributed by atoms with E-state index in [-0.39, 0.29) is 30.9 Å². The van der Waals surface area contributed by atoms with Crippen LogP contribution in [0.3, 0.4) is 0 Å². The summed E-state index contributed by atoms with van der Waals surface area (Å²) in [7, 11) is 0. The number of aliphatic hydroxyl groups is 1. The molecule has 0 bridgehead atoms. The number of benzene rings is 1. The van der Waals surface area contributed by atoms with Crippen LogP contribution in [0.5, 0.6) is 5.75 Å². The Morgan fingerprint density at radius 2 is 1.88 bits per heavy atom. The molecule has 0 aliphatic heterocycles. The van der Waals surface area contributed by atoms with Crippen molar-refractivity contribution >= 4 is 17.9 Å². The molecule has 0 radical (unpaired) electrons. The molecule has 0 saturated heterocycles. The summed E-state index contributed by atoms with van der Waals surface area (Å²) >= 11 is 0. The molecule has 1 aliphatic rings. The third-order valence-corrected chi connectivity index (χ3v) is 5.14. The Labute approximate surface area is 189 Å². The summed E-state index contributed by atoms with van der Waals surface area (Å²) in [5.41, 5.74) is -0.306. The minimum atomic E-state index is -1.07. The predicted octanol–water partition coefficient (Wildman–Crippen LogP) is 2.23. The minimum absolute atomic E-state index is 0.0158. The number of hydrogen-bond donors (Lipinski definition) is 4. The molecule has 1 aromatic rings. The van der Waals surface area contributed by atoms with Crippen molar-refractivity contribution in [3.05, 3.63) is 29.8 Å². The number of alkyl carbamates (subject to hydrolysis) is 1. The van der Waals surface area contributed by atoms with Crippen LogP contribution < -0.4 is 10.6 Å². The van der Waals surface area contributed by atoms with E-state index in [1.807, 2.05) is 0 Å². The van der Waals surface area contributed by atoms with E-state index < -0.39 is 30.2 Å². The monoisotopic (exact) mass is 449 g/mol.